The summed E-state index contributed by atoms with van der Waals surface area (Å²) >= 11 is 3.40. The van der Waals surface area contributed by atoms with E-state index in [-0.39, 0.29) is 12.6 Å². The number of rotatable bonds is 6. The van der Waals surface area contributed by atoms with Gasteiger partial charge >= 0.3 is 0 Å². The molecule has 0 bridgehead atoms. The Bertz CT molecular complexity index is 338. The molecule has 0 saturated heterocycles. The topological polar surface area (TPSA) is 52.5 Å². The molecule has 2 atom stereocenters. The van der Waals surface area contributed by atoms with Crippen molar-refractivity contribution in [3.63, 3.8) is 0 Å². The fourth-order valence-corrected chi connectivity index (χ4v) is 1.76. The lowest BCUT2D eigenvalue weighted by Crippen LogP contribution is -2.44. The average Bonchev–Trinajstić information content (AvgIpc) is 2.30. The number of aliphatic hydroxyl groups excluding tert-OH is 1. The first-order chi connectivity index (χ1) is 7.93. The van der Waals surface area contributed by atoms with Gasteiger partial charge in [-0.1, -0.05) is 28.1 Å². The van der Waals surface area contributed by atoms with Gasteiger partial charge in [0.25, 0.3) is 0 Å². The van der Waals surface area contributed by atoms with Crippen LogP contribution in [0.4, 0.5) is 0 Å². The minimum Gasteiger partial charge on any atom is -0.393 e. The second-order valence-electron chi connectivity index (χ2n) is 4.77. The zero-order valence-corrected chi connectivity index (χ0v) is 11.9. The normalized spacial score (nSPS) is 16.5. The smallest absolute Gasteiger partial charge is 0.0972 e. The summed E-state index contributed by atoms with van der Waals surface area (Å²) < 4.78 is 1.07. The zero-order chi connectivity index (χ0) is 12.9. The van der Waals surface area contributed by atoms with Crippen molar-refractivity contribution in [1.29, 1.82) is 0 Å². The van der Waals surface area contributed by atoms with Gasteiger partial charge in [0.05, 0.1) is 12.2 Å². The van der Waals surface area contributed by atoms with Crippen molar-refractivity contribution in [3.05, 3.63) is 34.3 Å². The van der Waals surface area contributed by atoms with Gasteiger partial charge < -0.3 is 15.5 Å². The van der Waals surface area contributed by atoms with Gasteiger partial charge in [0.15, 0.2) is 0 Å². The summed E-state index contributed by atoms with van der Waals surface area (Å²) in [6, 6.07) is 8.45. The first-order valence-corrected chi connectivity index (χ1v) is 6.53. The van der Waals surface area contributed by atoms with Gasteiger partial charge in [-0.3, -0.25) is 0 Å². The highest BCUT2D eigenvalue weighted by atomic mass is 79.9. The molecule has 0 aromatic heterocycles. The van der Waals surface area contributed by atoms with Crippen LogP contribution in [0.5, 0.6) is 0 Å². The van der Waals surface area contributed by atoms with Gasteiger partial charge in [-0.05, 0) is 38.0 Å². The Labute approximate surface area is 111 Å². The molecule has 4 heteroatoms. The third-order valence-electron chi connectivity index (χ3n) is 2.63. The van der Waals surface area contributed by atoms with E-state index >= 15 is 0 Å². The first-order valence-electron chi connectivity index (χ1n) is 5.74. The van der Waals surface area contributed by atoms with Crippen LogP contribution in [-0.4, -0.2) is 35.0 Å². The largest absolute Gasteiger partial charge is 0.393 e. The molecule has 0 heterocycles. The number of hydrogen-bond acceptors (Lipinski definition) is 3. The minimum absolute atomic E-state index is 0.231. The molecule has 1 aromatic rings. The lowest BCUT2D eigenvalue weighted by atomic mass is 10.1. The Balaban J connectivity index is 2.39. The Morgan fingerprint density at radius 1 is 1.35 bits per heavy atom. The molecule has 0 saturated carbocycles. The van der Waals surface area contributed by atoms with Crippen molar-refractivity contribution >= 4 is 15.9 Å². The molecule has 17 heavy (non-hydrogen) atoms. The molecule has 0 radical (unpaired) electrons. The van der Waals surface area contributed by atoms with E-state index in [9.17, 15) is 5.11 Å². The van der Waals surface area contributed by atoms with Crippen LogP contribution in [0.25, 0.3) is 0 Å². The van der Waals surface area contributed by atoms with E-state index in [1.807, 2.05) is 12.1 Å². The van der Waals surface area contributed by atoms with Crippen LogP contribution < -0.4 is 5.32 Å². The molecule has 1 aromatic carbocycles. The van der Waals surface area contributed by atoms with Gasteiger partial charge in [-0.2, -0.15) is 0 Å². The number of nitrogens with one attached hydrogen (secondary N) is 1. The lowest BCUT2D eigenvalue weighted by molar-refractivity contribution is 0.00111. The molecule has 96 valence electrons. The number of hydrogen-bond donors (Lipinski definition) is 3. The second-order valence-corrected chi connectivity index (χ2v) is 5.68. The number of halogens is 1. The van der Waals surface area contributed by atoms with E-state index in [0.717, 1.165) is 10.9 Å². The highest BCUT2D eigenvalue weighted by Gasteiger charge is 2.19. The summed E-state index contributed by atoms with van der Waals surface area (Å²) in [5, 5.41) is 21.8. The Morgan fingerprint density at radius 3 is 2.47 bits per heavy atom. The van der Waals surface area contributed by atoms with Crippen LogP contribution in [-0.2, 0) is 6.42 Å². The summed E-state index contributed by atoms with van der Waals surface area (Å²) in [5.41, 5.74) is 0.199. The van der Waals surface area contributed by atoms with Crippen molar-refractivity contribution in [2.45, 2.75) is 31.9 Å². The summed E-state index contributed by atoms with van der Waals surface area (Å²) in [6.45, 7) is 3.84. The number of benzene rings is 1. The number of aliphatic hydroxyl groups is 2. The van der Waals surface area contributed by atoms with Crippen LogP contribution in [0.3, 0.4) is 0 Å². The van der Waals surface area contributed by atoms with Crippen molar-refractivity contribution in [2.24, 2.45) is 0 Å². The Hall–Kier alpha value is -0.420. The van der Waals surface area contributed by atoms with E-state index in [2.05, 4.69) is 40.3 Å². The van der Waals surface area contributed by atoms with Crippen molar-refractivity contribution < 1.29 is 10.2 Å². The molecule has 3 N–H and O–H groups in total. The fourth-order valence-electron chi connectivity index (χ4n) is 1.50. The van der Waals surface area contributed by atoms with E-state index in [1.165, 1.54) is 5.56 Å². The molecular weight excluding hydrogens is 282 g/mol. The van der Waals surface area contributed by atoms with Crippen LogP contribution in [0.1, 0.15) is 19.4 Å². The maximum Gasteiger partial charge on any atom is 0.0972 e. The summed E-state index contributed by atoms with van der Waals surface area (Å²) in [6.07, 6.45) is 0.898. The van der Waals surface area contributed by atoms with Crippen molar-refractivity contribution in [1.82, 2.24) is 5.32 Å². The average molecular weight is 302 g/mol. The van der Waals surface area contributed by atoms with Gasteiger partial charge in [0.2, 0.25) is 0 Å². The fraction of sp³-hybridized carbons (Fsp3) is 0.538. The molecule has 2 unspecified atom stereocenters. The van der Waals surface area contributed by atoms with Gasteiger partial charge in [-0.15, -0.1) is 0 Å². The first kappa shape index (κ1) is 14.6. The zero-order valence-electron chi connectivity index (χ0n) is 10.3. The Kier molecular flexibility index (Phi) is 5.59. The summed E-state index contributed by atoms with van der Waals surface area (Å²) in [5.74, 6) is 0. The lowest BCUT2D eigenvalue weighted by Gasteiger charge is -2.23. The van der Waals surface area contributed by atoms with E-state index < -0.39 is 5.60 Å². The van der Waals surface area contributed by atoms with Gasteiger partial charge in [0, 0.05) is 17.1 Å². The van der Waals surface area contributed by atoms with Gasteiger partial charge in [-0.25, -0.2) is 0 Å². The molecule has 0 aliphatic heterocycles. The molecule has 0 aliphatic rings. The van der Waals surface area contributed by atoms with Crippen LogP contribution in [0.15, 0.2) is 28.7 Å². The molecule has 3 nitrogen and oxygen atoms in total. The monoisotopic (exact) mass is 301 g/mol. The predicted molar refractivity (Wildman–Crippen MR) is 73.0 cm³/mol. The quantitative estimate of drug-likeness (QED) is 0.750. The third-order valence-corrected chi connectivity index (χ3v) is 3.16. The van der Waals surface area contributed by atoms with Crippen molar-refractivity contribution in [3.8, 4) is 0 Å². The third kappa shape index (κ3) is 5.64. The van der Waals surface area contributed by atoms with E-state index in [1.54, 1.807) is 6.92 Å². The highest BCUT2D eigenvalue weighted by Crippen LogP contribution is 2.12. The summed E-state index contributed by atoms with van der Waals surface area (Å²) in [7, 11) is 0. The van der Waals surface area contributed by atoms with Crippen molar-refractivity contribution in [2.75, 3.05) is 13.2 Å². The van der Waals surface area contributed by atoms with E-state index in [4.69, 9.17) is 5.11 Å². The molecule has 0 fully saturated rings. The minimum atomic E-state index is -1.05. The molecule has 0 spiro atoms. The van der Waals surface area contributed by atoms with Crippen LogP contribution in [0, 0.1) is 0 Å². The second kappa shape index (κ2) is 6.50. The van der Waals surface area contributed by atoms with Gasteiger partial charge in [0.1, 0.15) is 0 Å². The molecule has 0 aliphatic carbocycles. The standard InChI is InChI=1S/C13H20BrNO2/c1-10(15-8-13(2,17)9-16)7-11-3-5-12(14)6-4-11/h3-6,10,15-17H,7-9H2,1-2H3. The maximum absolute atomic E-state index is 9.66. The molecular formula is C13H20BrNO2. The summed E-state index contributed by atoms with van der Waals surface area (Å²) in [4.78, 5) is 0. The van der Waals surface area contributed by atoms with Crippen LogP contribution >= 0.6 is 15.9 Å². The highest BCUT2D eigenvalue weighted by molar-refractivity contribution is 9.10. The van der Waals surface area contributed by atoms with Crippen LogP contribution in [0.2, 0.25) is 0 Å². The Morgan fingerprint density at radius 2 is 1.94 bits per heavy atom. The van der Waals surface area contributed by atoms with E-state index in [0.29, 0.717) is 6.54 Å². The molecule has 1 rings (SSSR count). The predicted octanol–water partition coefficient (Wildman–Crippen LogP) is 1.71. The molecule has 0 amide bonds. The SMILES string of the molecule is CC(Cc1ccc(Br)cc1)NCC(C)(O)CO. The maximum atomic E-state index is 9.66.